The summed E-state index contributed by atoms with van der Waals surface area (Å²) in [6.07, 6.45) is 0. The van der Waals surface area contributed by atoms with Gasteiger partial charge in [-0.2, -0.15) is 0 Å². The molecule has 1 aromatic rings. The maximum Gasteiger partial charge on any atom is 0.180 e. The molecule has 1 N–H and O–H groups in total. The lowest BCUT2D eigenvalue weighted by Crippen LogP contribution is -2.24. The summed E-state index contributed by atoms with van der Waals surface area (Å²) in [7, 11) is 0. The third-order valence-corrected chi connectivity index (χ3v) is 2.57. The molecule has 0 atom stereocenters. The van der Waals surface area contributed by atoms with E-state index in [9.17, 15) is 13.2 Å². The molecule has 0 heterocycles. The fraction of sp³-hybridized carbons (Fsp3) is 0.400. The topological polar surface area (TPSA) is 20.2 Å². The molecule has 15 heavy (non-hydrogen) atoms. The van der Waals surface area contributed by atoms with Gasteiger partial charge in [-0.05, 0) is 6.07 Å². The van der Waals surface area contributed by atoms with Crippen LogP contribution in [-0.2, 0) is 5.41 Å². The lowest BCUT2D eigenvalue weighted by Gasteiger charge is -2.23. The van der Waals surface area contributed by atoms with Gasteiger partial charge in [0, 0.05) is 11.0 Å². The van der Waals surface area contributed by atoms with Crippen LogP contribution in [0.3, 0.4) is 0 Å². The van der Waals surface area contributed by atoms with Crippen molar-refractivity contribution in [3.8, 4) is 0 Å². The summed E-state index contributed by atoms with van der Waals surface area (Å²) >= 11 is 5.20. The number of benzene rings is 1. The van der Waals surface area contributed by atoms with Crippen LogP contribution in [0, 0.1) is 17.5 Å². The number of hydrogen-bond donors (Lipinski definition) is 1. The minimum atomic E-state index is -1.42. The summed E-state index contributed by atoms with van der Waals surface area (Å²) in [6, 6.07) is 0.803. The van der Waals surface area contributed by atoms with E-state index in [1.54, 1.807) is 0 Å². The average Bonchev–Trinajstić information content (AvgIpc) is 2.20. The van der Waals surface area contributed by atoms with Crippen LogP contribution in [0.25, 0.3) is 0 Å². The summed E-state index contributed by atoms with van der Waals surface area (Å²) in [6.45, 7) is 2.51. The van der Waals surface area contributed by atoms with Crippen molar-refractivity contribution in [2.24, 2.45) is 0 Å². The van der Waals surface area contributed by atoms with E-state index < -0.39 is 34.5 Å². The van der Waals surface area contributed by atoms with E-state index in [0.717, 1.165) is 6.07 Å². The minimum Gasteiger partial charge on any atom is -0.395 e. The van der Waals surface area contributed by atoms with E-state index in [4.69, 9.17) is 16.7 Å². The predicted molar refractivity (Wildman–Crippen MR) is 51.4 cm³/mol. The van der Waals surface area contributed by atoms with Crippen LogP contribution >= 0.6 is 11.6 Å². The van der Waals surface area contributed by atoms with Gasteiger partial charge in [0.15, 0.2) is 11.6 Å². The largest absolute Gasteiger partial charge is 0.395 e. The molecule has 0 spiro atoms. The van der Waals surface area contributed by atoms with Crippen molar-refractivity contribution in [1.82, 2.24) is 0 Å². The van der Waals surface area contributed by atoms with Crippen molar-refractivity contribution in [1.29, 1.82) is 0 Å². The molecule has 0 unspecified atom stereocenters. The molecule has 0 radical (unpaired) electrons. The fourth-order valence-electron chi connectivity index (χ4n) is 1.15. The van der Waals surface area contributed by atoms with Gasteiger partial charge in [0.25, 0.3) is 0 Å². The first-order chi connectivity index (χ1) is 6.81. The molecule has 5 heteroatoms. The molecule has 1 nitrogen and oxygen atoms in total. The van der Waals surface area contributed by atoms with Gasteiger partial charge in [-0.25, -0.2) is 13.2 Å². The van der Waals surface area contributed by atoms with E-state index in [1.165, 1.54) is 13.8 Å². The van der Waals surface area contributed by atoms with E-state index in [0.29, 0.717) is 0 Å². The number of aliphatic hydroxyl groups excluding tert-OH is 1. The zero-order valence-electron chi connectivity index (χ0n) is 8.24. The number of rotatable bonds is 2. The Hall–Kier alpha value is -0.740. The molecule has 0 saturated carbocycles. The Bertz CT molecular complexity index is 391. The molecule has 1 aromatic carbocycles. The SMILES string of the molecule is CC(C)(CO)c1cc(F)c(Cl)c(F)c1F. The van der Waals surface area contributed by atoms with Gasteiger partial charge < -0.3 is 5.11 Å². The molecule has 0 amide bonds. The highest BCUT2D eigenvalue weighted by Crippen LogP contribution is 2.31. The first kappa shape index (κ1) is 12.3. The number of aliphatic hydroxyl groups is 1. The van der Waals surface area contributed by atoms with Crippen LogP contribution < -0.4 is 0 Å². The Labute approximate surface area is 90.5 Å². The average molecular weight is 239 g/mol. The summed E-state index contributed by atoms with van der Waals surface area (Å²) < 4.78 is 39.5. The van der Waals surface area contributed by atoms with Crippen LogP contribution in [-0.4, -0.2) is 11.7 Å². The monoisotopic (exact) mass is 238 g/mol. The molecule has 0 aromatic heterocycles. The Morgan fingerprint density at radius 3 is 2.27 bits per heavy atom. The van der Waals surface area contributed by atoms with Gasteiger partial charge >= 0.3 is 0 Å². The second-order valence-electron chi connectivity index (χ2n) is 3.89. The maximum absolute atomic E-state index is 13.4. The Kier molecular flexibility index (Phi) is 3.31. The molecule has 0 aliphatic heterocycles. The van der Waals surface area contributed by atoms with E-state index in [2.05, 4.69) is 0 Å². The molecular weight excluding hydrogens is 229 g/mol. The van der Waals surface area contributed by atoms with Gasteiger partial charge in [0.2, 0.25) is 0 Å². The quantitative estimate of drug-likeness (QED) is 0.620. The molecule has 0 fully saturated rings. The molecule has 0 aliphatic rings. The zero-order valence-corrected chi connectivity index (χ0v) is 9.00. The number of halogens is 4. The first-order valence-electron chi connectivity index (χ1n) is 4.25. The van der Waals surface area contributed by atoms with Crippen molar-refractivity contribution >= 4 is 11.6 Å². The molecule has 0 aliphatic carbocycles. The smallest absolute Gasteiger partial charge is 0.180 e. The predicted octanol–water partition coefficient (Wildman–Crippen LogP) is 3.03. The van der Waals surface area contributed by atoms with Gasteiger partial charge in [-0.3, -0.25) is 0 Å². The lowest BCUT2D eigenvalue weighted by atomic mass is 9.85. The Balaban J connectivity index is 3.45. The molecule has 1 rings (SSSR count). The summed E-state index contributed by atoms with van der Waals surface area (Å²) in [4.78, 5) is 0. The number of hydrogen-bond acceptors (Lipinski definition) is 1. The van der Waals surface area contributed by atoms with E-state index >= 15 is 0 Å². The normalized spacial score (nSPS) is 11.9. The summed E-state index contributed by atoms with van der Waals surface area (Å²) in [5.74, 6) is -3.68. The van der Waals surface area contributed by atoms with E-state index in [-0.39, 0.29) is 5.56 Å². The third kappa shape index (κ3) is 2.11. The standard InChI is InChI=1S/C10H10ClF3O/c1-10(2,4-15)5-3-6(12)7(11)9(14)8(5)13/h3,15H,4H2,1-2H3. The van der Waals surface area contributed by atoms with Gasteiger partial charge in [0.1, 0.15) is 10.8 Å². The van der Waals surface area contributed by atoms with Crippen molar-refractivity contribution in [2.75, 3.05) is 6.61 Å². The van der Waals surface area contributed by atoms with Crippen LogP contribution in [0.4, 0.5) is 13.2 Å². The second kappa shape index (κ2) is 4.02. The van der Waals surface area contributed by atoms with Crippen LogP contribution in [0.2, 0.25) is 5.02 Å². The fourth-order valence-corrected chi connectivity index (χ4v) is 1.29. The molecule has 84 valence electrons. The zero-order chi connectivity index (χ0) is 11.8. The summed E-state index contributed by atoms with van der Waals surface area (Å²) in [5.41, 5.74) is -1.29. The minimum absolute atomic E-state index is 0.232. The van der Waals surface area contributed by atoms with Crippen LogP contribution in [0.1, 0.15) is 19.4 Å². The highest BCUT2D eigenvalue weighted by molar-refractivity contribution is 6.30. The highest BCUT2D eigenvalue weighted by Gasteiger charge is 2.28. The molecule has 0 bridgehead atoms. The molecular formula is C10H10ClF3O. The molecule has 0 saturated heterocycles. The first-order valence-corrected chi connectivity index (χ1v) is 4.63. The van der Waals surface area contributed by atoms with Gasteiger partial charge in [0.05, 0.1) is 6.61 Å². The Morgan fingerprint density at radius 2 is 1.80 bits per heavy atom. The van der Waals surface area contributed by atoms with Crippen LogP contribution in [0.15, 0.2) is 6.07 Å². The van der Waals surface area contributed by atoms with Crippen molar-refractivity contribution in [3.63, 3.8) is 0 Å². The highest BCUT2D eigenvalue weighted by atomic mass is 35.5. The second-order valence-corrected chi connectivity index (χ2v) is 4.27. The van der Waals surface area contributed by atoms with Crippen LogP contribution in [0.5, 0.6) is 0 Å². The Morgan fingerprint density at radius 1 is 1.27 bits per heavy atom. The van der Waals surface area contributed by atoms with Gasteiger partial charge in [-0.15, -0.1) is 0 Å². The maximum atomic E-state index is 13.4. The van der Waals surface area contributed by atoms with Gasteiger partial charge in [-0.1, -0.05) is 25.4 Å². The van der Waals surface area contributed by atoms with Crippen molar-refractivity contribution < 1.29 is 18.3 Å². The third-order valence-electron chi connectivity index (χ3n) is 2.23. The van der Waals surface area contributed by atoms with E-state index in [1.807, 2.05) is 0 Å². The summed E-state index contributed by atoms with van der Waals surface area (Å²) in [5, 5.41) is 8.11. The lowest BCUT2D eigenvalue weighted by molar-refractivity contribution is 0.213. The van der Waals surface area contributed by atoms with Crippen molar-refractivity contribution in [3.05, 3.63) is 34.1 Å². The van der Waals surface area contributed by atoms with Crippen molar-refractivity contribution in [2.45, 2.75) is 19.3 Å².